The summed E-state index contributed by atoms with van der Waals surface area (Å²) < 4.78 is 5.63. The molecule has 0 atom stereocenters. The van der Waals surface area contributed by atoms with Gasteiger partial charge < -0.3 is 10.1 Å². The van der Waals surface area contributed by atoms with Crippen LogP contribution < -0.4 is 10.1 Å². The fraction of sp³-hybridized carbons (Fsp3) is 0.714. The predicted octanol–water partition coefficient (Wildman–Crippen LogP) is 3.56. The molecule has 18 heavy (non-hydrogen) atoms. The quantitative estimate of drug-likeness (QED) is 0.839. The highest BCUT2D eigenvalue weighted by Crippen LogP contribution is 2.21. The zero-order valence-corrected chi connectivity index (χ0v) is 12.4. The molecule has 4 nitrogen and oxygen atoms in total. The average molecular weight is 251 g/mol. The van der Waals surface area contributed by atoms with Gasteiger partial charge >= 0.3 is 0 Å². The van der Waals surface area contributed by atoms with Gasteiger partial charge in [-0.25, -0.2) is 4.98 Å². The zero-order chi connectivity index (χ0) is 13.8. The third-order valence-corrected chi connectivity index (χ3v) is 3.16. The van der Waals surface area contributed by atoms with Gasteiger partial charge in [-0.15, -0.1) is 0 Å². The monoisotopic (exact) mass is 251 g/mol. The number of hydrogen-bond acceptors (Lipinski definition) is 4. The van der Waals surface area contributed by atoms with Gasteiger partial charge in [0, 0.05) is 17.3 Å². The van der Waals surface area contributed by atoms with Crippen molar-refractivity contribution in [1.82, 2.24) is 9.97 Å². The van der Waals surface area contributed by atoms with E-state index in [4.69, 9.17) is 4.74 Å². The highest BCUT2D eigenvalue weighted by atomic mass is 16.5. The average Bonchev–Trinajstić information content (AvgIpc) is 2.27. The first kappa shape index (κ1) is 14.7. The number of ether oxygens (including phenoxy) is 1. The molecule has 4 heteroatoms. The molecule has 1 heterocycles. The summed E-state index contributed by atoms with van der Waals surface area (Å²) in [6, 6.07) is 1.86. The second-order valence-corrected chi connectivity index (χ2v) is 5.23. The van der Waals surface area contributed by atoms with E-state index in [0.29, 0.717) is 11.8 Å². The van der Waals surface area contributed by atoms with E-state index in [-0.39, 0.29) is 11.6 Å². The van der Waals surface area contributed by atoms with Gasteiger partial charge in [0.25, 0.3) is 0 Å². The Bertz CT molecular complexity index is 387. The lowest BCUT2D eigenvalue weighted by atomic mass is 9.96. The fourth-order valence-corrected chi connectivity index (χ4v) is 1.59. The second-order valence-electron chi connectivity index (χ2n) is 5.23. The molecule has 0 aromatic carbocycles. The molecule has 0 saturated heterocycles. The molecule has 0 amide bonds. The van der Waals surface area contributed by atoms with Crippen LogP contribution in [0.1, 0.15) is 53.2 Å². The largest absolute Gasteiger partial charge is 0.475 e. The number of nitrogens with one attached hydrogen (secondary N) is 1. The van der Waals surface area contributed by atoms with Gasteiger partial charge in [0.05, 0.1) is 6.10 Å². The molecule has 1 N–H and O–H groups in total. The van der Waals surface area contributed by atoms with Crippen LogP contribution in [0.15, 0.2) is 6.07 Å². The van der Waals surface area contributed by atoms with Gasteiger partial charge in [0.1, 0.15) is 0 Å². The van der Waals surface area contributed by atoms with Gasteiger partial charge in [-0.1, -0.05) is 13.8 Å². The Morgan fingerprint density at radius 3 is 2.39 bits per heavy atom. The molecule has 1 aromatic rings. The van der Waals surface area contributed by atoms with Crippen molar-refractivity contribution in [2.75, 3.05) is 5.32 Å². The highest BCUT2D eigenvalue weighted by molar-refractivity contribution is 5.33. The third-order valence-electron chi connectivity index (χ3n) is 3.16. The van der Waals surface area contributed by atoms with E-state index in [1.807, 2.05) is 26.8 Å². The molecule has 0 aliphatic heterocycles. The van der Waals surface area contributed by atoms with E-state index >= 15 is 0 Å². The SMILES string of the molecule is CCC(C)(CC)Nc1nc(C)cc(OC(C)C)n1. The molecule has 0 aliphatic rings. The molecule has 0 spiro atoms. The molecular weight excluding hydrogens is 226 g/mol. The van der Waals surface area contributed by atoms with Gasteiger partial charge in [0.15, 0.2) is 0 Å². The number of anilines is 1. The maximum atomic E-state index is 5.63. The van der Waals surface area contributed by atoms with Gasteiger partial charge in [-0.05, 0) is 40.5 Å². The van der Waals surface area contributed by atoms with Crippen LogP contribution in [0.3, 0.4) is 0 Å². The summed E-state index contributed by atoms with van der Waals surface area (Å²) in [4.78, 5) is 8.83. The number of nitrogens with zero attached hydrogens (tertiary/aromatic N) is 2. The highest BCUT2D eigenvalue weighted by Gasteiger charge is 2.20. The van der Waals surface area contributed by atoms with Crippen LogP contribution in [0, 0.1) is 6.92 Å². The Morgan fingerprint density at radius 1 is 1.28 bits per heavy atom. The van der Waals surface area contributed by atoms with Gasteiger partial charge in [0.2, 0.25) is 11.8 Å². The van der Waals surface area contributed by atoms with E-state index in [1.165, 1.54) is 0 Å². The minimum absolute atomic E-state index is 0.0306. The van der Waals surface area contributed by atoms with E-state index in [2.05, 4.69) is 36.1 Å². The van der Waals surface area contributed by atoms with Crippen molar-refractivity contribution in [3.8, 4) is 5.88 Å². The summed E-state index contributed by atoms with van der Waals surface area (Å²) >= 11 is 0. The van der Waals surface area contributed by atoms with E-state index in [0.717, 1.165) is 18.5 Å². The molecule has 0 aliphatic carbocycles. The van der Waals surface area contributed by atoms with Crippen molar-refractivity contribution in [2.45, 2.75) is 66.0 Å². The van der Waals surface area contributed by atoms with Crippen LogP contribution in [-0.2, 0) is 0 Å². The summed E-state index contributed by atoms with van der Waals surface area (Å²) in [6.45, 7) is 12.5. The molecular formula is C14H25N3O. The molecule has 0 unspecified atom stereocenters. The van der Waals surface area contributed by atoms with E-state index in [1.54, 1.807) is 0 Å². The second kappa shape index (κ2) is 6.03. The van der Waals surface area contributed by atoms with Crippen molar-refractivity contribution in [3.63, 3.8) is 0 Å². The van der Waals surface area contributed by atoms with Crippen molar-refractivity contribution < 1.29 is 4.74 Å². The third kappa shape index (κ3) is 4.17. The Labute approximate surface area is 110 Å². The molecule has 1 aromatic heterocycles. The lowest BCUT2D eigenvalue weighted by Gasteiger charge is -2.28. The smallest absolute Gasteiger partial charge is 0.226 e. The molecule has 0 fully saturated rings. The van der Waals surface area contributed by atoms with Crippen molar-refractivity contribution >= 4 is 5.95 Å². The van der Waals surface area contributed by atoms with Crippen LogP contribution in [-0.4, -0.2) is 21.6 Å². The normalized spacial score (nSPS) is 11.7. The van der Waals surface area contributed by atoms with Gasteiger partial charge in [-0.3, -0.25) is 0 Å². The zero-order valence-electron chi connectivity index (χ0n) is 12.4. The lowest BCUT2D eigenvalue weighted by molar-refractivity contribution is 0.232. The standard InChI is InChI=1S/C14H25N3O/c1-7-14(6,8-2)17-13-15-11(5)9-12(16-13)18-10(3)4/h9-10H,7-8H2,1-6H3,(H,15,16,17). The maximum absolute atomic E-state index is 5.63. The molecule has 102 valence electrons. The lowest BCUT2D eigenvalue weighted by Crippen LogP contribution is -2.34. The Kier molecular flexibility index (Phi) is 4.93. The van der Waals surface area contributed by atoms with Crippen molar-refractivity contribution in [2.24, 2.45) is 0 Å². The molecule has 0 bridgehead atoms. The van der Waals surface area contributed by atoms with Crippen LogP contribution >= 0.6 is 0 Å². The van der Waals surface area contributed by atoms with Crippen LogP contribution in [0.4, 0.5) is 5.95 Å². The number of hydrogen-bond donors (Lipinski definition) is 1. The van der Waals surface area contributed by atoms with Crippen molar-refractivity contribution in [3.05, 3.63) is 11.8 Å². The Morgan fingerprint density at radius 2 is 1.89 bits per heavy atom. The molecule has 1 rings (SSSR count). The van der Waals surface area contributed by atoms with E-state index in [9.17, 15) is 0 Å². The van der Waals surface area contributed by atoms with Crippen molar-refractivity contribution in [1.29, 1.82) is 0 Å². The van der Waals surface area contributed by atoms with Gasteiger partial charge in [-0.2, -0.15) is 4.98 Å². The van der Waals surface area contributed by atoms with Crippen LogP contribution in [0.2, 0.25) is 0 Å². The van der Waals surface area contributed by atoms with E-state index < -0.39 is 0 Å². The summed E-state index contributed by atoms with van der Waals surface area (Å²) in [5, 5.41) is 3.41. The molecule has 0 saturated carbocycles. The molecule has 0 radical (unpaired) electrons. The minimum Gasteiger partial charge on any atom is -0.475 e. The summed E-state index contributed by atoms with van der Waals surface area (Å²) in [5.41, 5.74) is 0.945. The Hall–Kier alpha value is -1.32. The summed E-state index contributed by atoms with van der Waals surface area (Å²) in [5.74, 6) is 1.28. The van der Waals surface area contributed by atoms with Crippen LogP contribution in [0.25, 0.3) is 0 Å². The summed E-state index contributed by atoms with van der Waals surface area (Å²) in [7, 11) is 0. The summed E-state index contributed by atoms with van der Waals surface area (Å²) in [6.07, 6.45) is 2.18. The number of aryl methyl sites for hydroxylation is 1. The number of aromatic nitrogens is 2. The minimum atomic E-state index is 0.0306. The fourth-order valence-electron chi connectivity index (χ4n) is 1.59. The number of rotatable bonds is 6. The first-order valence-electron chi connectivity index (χ1n) is 6.69. The predicted molar refractivity (Wildman–Crippen MR) is 75.1 cm³/mol. The van der Waals surface area contributed by atoms with Crippen LogP contribution in [0.5, 0.6) is 5.88 Å². The Balaban J connectivity index is 2.92. The maximum Gasteiger partial charge on any atom is 0.226 e. The topological polar surface area (TPSA) is 47.0 Å². The first-order chi connectivity index (χ1) is 8.38. The first-order valence-corrected chi connectivity index (χ1v) is 6.69.